The van der Waals surface area contributed by atoms with Gasteiger partial charge in [-0.3, -0.25) is 0 Å². The average molecular weight is 209 g/mol. The Kier molecular flexibility index (Phi) is 8.87. The second-order valence-corrected chi connectivity index (χ2v) is 3.79. The zero-order chi connectivity index (χ0) is 10.1. The van der Waals surface area contributed by atoms with E-state index in [0.29, 0.717) is 12.5 Å². The van der Waals surface area contributed by atoms with Crippen molar-refractivity contribution < 1.29 is 4.74 Å². The lowest BCUT2D eigenvalue weighted by atomic mass is 10.5. The van der Waals surface area contributed by atoms with Crippen molar-refractivity contribution in [2.75, 3.05) is 59.9 Å². The van der Waals surface area contributed by atoms with Crippen LogP contribution in [0.15, 0.2) is 0 Å². The van der Waals surface area contributed by atoms with Crippen LogP contribution in [0.1, 0.15) is 0 Å². The Hall–Kier alpha value is 0.170. The molecule has 13 heavy (non-hydrogen) atoms. The van der Waals surface area contributed by atoms with Crippen LogP contribution in [-0.2, 0) is 4.74 Å². The van der Waals surface area contributed by atoms with Gasteiger partial charge in [-0.15, -0.1) is 11.6 Å². The molecule has 0 aromatic rings. The molecule has 0 aliphatic rings. The molecule has 0 spiro atoms. The van der Waals surface area contributed by atoms with E-state index < -0.39 is 0 Å². The molecule has 0 aromatic carbocycles. The van der Waals surface area contributed by atoms with E-state index in [-0.39, 0.29) is 0 Å². The highest BCUT2D eigenvalue weighted by molar-refractivity contribution is 6.17. The Morgan fingerprint density at radius 2 is 1.69 bits per heavy atom. The van der Waals surface area contributed by atoms with Gasteiger partial charge in [-0.1, -0.05) is 0 Å². The number of nitrogens with zero attached hydrogens (tertiary/aromatic N) is 2. The molecule has 0 aromatic heterocycles. The third-order valence-electron chi connectivity index (χ3n) is 1.77. The molecule has 3 nitrogen and oxygen atoms in total. The SMILES string of the molecule is CN(C)CCN(C)CCOCCCl. The predicted octanol–water partition coefficient (Wildman–Crippen LogP) is 0.735. The lowest BCUT2D eigenvalue weighted by Gasteiger charge is -2.18. The first-order valence-electron chi connectivity index (χ1n) is 4.63. The maximum atomic E-state index is 5.47. The molecule has 0 rings (SSSR count). The largest absolute Gasteiger partial charge is 0.379 e. The van der Waals surface area contributed by atoms with Gasteiger partial charge in [0.2, 0.25) is 0 Å². The van der Waals surface area contributed by atoms with Gasteiger partial charge >= 0.3 is 0 Å². The highest BCUT2D eigenvalue weighted by Gasteiger charge is 1.98. The fourth-order valence-corrected chi connectivity index (χ4v) is 0.969. The topological polar surface area (TPSA) is 15.7 Å². The van der Waals surface area contributed by atoms with Crippen molar-refractivity contribution in [2.24, 2.45) is 0 Å². The van der Waals surface area contributed by atoms with E-state index in [1.807, 2.05) is 0 Å². The van der Waals surface area contributed by atoms with Gasteiger partial charge in [-0.2, -0.15) is 0 Å². The van der Waals surface area contributed by atoms with E-state index >= 15 is 0 Å². The minimum atomic E-state index is 0.585. The maximum absolute atomic E-state index is 5.47. The molecular formula is C9H21ClN2O. The van der Waals surface area contributed by atoms with Crippen LogP contribution in [0.5, 0.6) is 0 Å². The minimum Gasteiger partial charge on any atom is -0.379 e. The van der Waals surface area contributed by atoms with Crippen LogP contribution in [0.25, 0.3) is 0 Å². The van der Waals surface area contributed by atoms with E-state index in [2.05, 4.69) is 30.9 Å². The molecule has 0 aliphatic heterocycles. The molecule has 0 unspecified atom stereocenters. The van der Waals surface area contributed by atoms with Gasteiger partial charge in [0, 0.05) is 25.5 Å². The highest BCUT2D eigenvalue weighted by Crippen LogP contribution is 1.85. The molecule has 0 saturated heterocycles. The van der Waals surface area contributed by atoms with Crippen molar-refractivity contribution in [3.63, 3.8) is 0 Å². The van der Waals surface area contributed by atoms with Crippen molar-refractivity contribution in [2.45, 2.75) is 0 Å². The Bertz CT molecular complexity index is 112. The quantitative estimate of drug-likeness (QED) is 0.432. The Morgan fingerprint density at radius 3 is 2.23 bits per heavy atom. The van der Waals surface area contributed by atoms with E-state index in [4.69, 9.17) is 16.3 Å². The molecule has 0 heterocycles. The normalized spacial score (nSPS) is 11.5. The number of hydrogen-bond acceptors (Lipinski definition) is 3. The van der Waals surface area contributed by atoms with Gasteiger partial charge < -0.3 is 14.5 Å². The molecule has 0 saturated carbocycles. The second kappa shape index (κ2) is 8.75. The van der Waals surface area contributed by atoms with E-state index in [1.54, 1.807) is 0 Å². The van der Waals surface area contributed by atoms with Gasteiger partial charge in [0.05, 0.1) is 13.2 Å². The van der Waals surface area contributed by atoms with Gasteiger partial charge in [0.1, 0.15) is 0 Å². The molecule has 0 aliphatic carbocycles. The Labute approximate surface area is 86.6 Å². The fraction of sp³-hybridized carbons (Fsp3) is 1.00. The molecule has 0 radical (unpaired) electrons. The summed E-state index contributed by atoms with van der Waals surface area (Å²) >= 11 is 5.47. The number of rotatable bonds is 8. The van der Waals surface area contributed by atoms with Crippen LogP contribution in [0.3, 0.4) is 0 Å². The van der Waals surface area contributed by atoms with Gasteiger partial charge in [-0.05, 0) is 21.1 Å². The first kappa shape index (κ1) is 13.2. The minimum absolute atomic E-state index is 0.585. The first-order chi connectivity index (χ1) is 6.16. The number of hydrogen-bond donors (Lipinski definition) is 0. The zero-order valence-electron chi connectivity index (χ0n) is 8.92. The smallest absolute Gasteiger partial charge is 0.0602 e. The molecule has 0 N–H and O–H groups in total. The molecule has 4 heteroatoms. The van der Waals surface area contributed by atoms with Crippen molar-refractivity contribution in [3.8, 4) is 0 Å². The summed E-state index contributed by atoms with van der Waals surface area (Å²) in [6.45, 7) is 4.58. The van der Waals surface area contributed by atoms with E-state index in [9.17, 15) is 0 Å². The van der Waals surface area contributed by atoms with Crippen LogP contribution in [0.4, 0.5) is 0 Å². The predicted molar refractivity (Wildman–Crippen MR) is 57.6 cm³/mol. The first-order valence-corrected chi connectivity index (χ1v) is 5.17. The summed E-state index contributed by atoms with van der Waals surface area (Å²) in [6.07, 6.45) is 0. The molecule has 0 amide bonds. The molecule has 80 valence electrons. The average Bonchev–Trinajstić information content (AvgIpc) is 2.09. The summed E-state index contributed by atoms with van der Waals surface area (Å²) in [5.74, 6) is 0.585. The summed E-state index contributed by atoms with van der Waals surface area (Å²) in [7, 11) is 6.27. The van der Waals surface area contributed by atoms with Gasteiger partial charge in [-0.25, -0.2) is 0 Å². The van der Waals surface area contributed by atoms with Gasteiger partial charge in [0.15, 0.2) is 0 Å². The summed E-state index contributed by atoms with van der Waals surface area (Å²) < 4.78 is 5.27. The van der Waals surface area contributed by atoms with Gasteiger partial charge in [0.25, 0.3) is 0 Å². The third kappa shape index (κ3) is 10.1. The Morgan fingerprint density at radius 1 is 1.00 bits per heavy atom. The molecular weight excluding hydrogens is 188 g/mol. The third-order valence-corrected chi connectivity index (χ3v) is 1.92. The summed E-state index contributed by atoms with van der Waals surface area (Å²) in [4.78, 5) is 4.43. The lowest BCUT2D eigenvalue weighted by molar-refractivity contribution is 0.121. The van der Waals surface area contributed by atoms with Crippen LogP contribution in [-0.4, -0.2) is 69.7 Å². The zero-order valence-corrected chi connectivity index (χ0v) is 9.68. The number of alkyl halides is 1. The van der Waals surface area contributed by atoms with Crippen molar-refractivity contribution >= 4 is 11.6 Å². The van der Waals surface area contributed by atoms with E-state index in [0.717, 1.165) is 26.2 Å². The molecule has 0 fully saturated rings. The van der Waals surface area contributed by atoms with E-state index in [1.165, 1.54) is 0 Å². The fourth-order valence-electron chi connectivity index (χ4n) is 0.860. The van der Waals surface area contributed by atoms with Crippen LogP contribution < -0.4 is 0 Å². The monoisotopic (exact) mass is 208 g/mol. The van der Waals surface area contributed by atoms with Crippen molar-refractivity contribution in [3.05, 3.63) is 0 Å². The summed E-state index contributed by atoms with van der Waals surface area (Å²) in [5.41, 5.74) is 0. The van der Waals surface area contributed by atoms with Crippen LogP contribution in [0, 0.1) is 0 Å². The van der Waals surface area contributed by atoms with Crippen LogP contribution in [0.2, 0.25) is 0 Å². The lowest BCUT2D eigenvalue weighted by Crippen LogP contribution is -2.31. The number of likely N-dealkylation sites (N-methyl/N-ethyl adjacent to an activating group) is 2. The molecule has 0 bridgehead atoms. The maximum Gasteiger partial charge on any atom is 0.0602 e. The second-order valence-electron chi connectivity index (χ2n) is 3.41. The highest BCUT2D eigenvalue weighted by atomic mass is 35.5. The van der Waals surface area contributed by atoms with Crippen molar-refractivity contribution in [1.82, 2.24) is 9.80 Å². The summed E-state index contributed by atoms with van der Waals surface area (Å²) in [6, 6.07) is 0. The standard InChI is InChI=1S/C9H21ClN2O/c1-11(2)5-6-12(3)7-9-13-8-4-10/h4-9H2,1-3H3. The van der Waals surface area contributed by atoms with Crippen LogP contribution >= 0.6 is 11.6 Å². The molecule has 0 atom stereocenters. The number of ether oxygens (including phenoxy) is 1. The van der Waals surface area contributed by atoms with Crippen molar-refractivity contribution in [1.29, 1.82) is 0 Å². The summed E-state index contributed by atoms with van der Waals surface area (Å²) in [5, 5.41) is 0. The number of halogens is 1. The Balaban J connectivity index is 3.15.